The van der Waals surface area contributed by atoms with Gasteiger partial charge in [0.25, 0.3) is 6.71 Å². The highest BCUT2D eigenvalue weighted by atomic mass is 32.1. The van der Waals surface area contributed by atoms with Crippen molar-refractivity contribution < 1.29 is 0 Å². The maximum Gasteiger partial charge on any atom is 0.264 e. The predicted molar refractivity (Wildman–Crippen MR) is 288 cm³/mol. The molecule has 6 aromatic rings. The lowest BCUT2D eigenvalue weighted by Crippen LogP contribution is -2.64. The fourth-order valence-corrected chi connectivity index (χ4v) is 16.6. The third-order valence-corrected chi connectivity index (χ3v) is 20.3. The number of anilines is 7. The number of benzene rings is 5. The van der Waals surface area contributed by atoms with Gasteiger partial charge in [-0.25, -0.2) is 0 Å². The Balaban J connectivity index is 1.26. The molecule has 6 heteroatoms. The number of nitriles is 1. The first-order valence-electron chi connectivity index (χ1n) is 25.5. The molecule has 6 aliphatic rings. The van der Waals surface area contributed by atoms with Crippen LogP contribution in [0.4, 0.5) is 39.8 Å². The molecule has 2 fully saturated rings. The van der Waals surface area contributed by atoms with E-state index in [-0.39, 0.29) is 39.5 Å². The van der Waals surface area contributed by atoms with Crippen LogP contribution in [0.15, 0.2) is 66.7 Å². The van der Waals surface area contributed by atoms with Crippen LogP contribution in [0.2, 0.25) is 0 Å². The summed E-state index contributed by atoms with van der Waals surface area (Å²) in [6.45, 7) is 34.1. The number of nitrogens with zero attached hydrogens (tertiary/aromatic N) is 4. The summed E-state index contributed by atoms with van der Waals surface area (Å²) in [6, 6.07) is 29.4. The van der Waals surface area contributed by atoms with Crippen molar-refractivity contribution in [3.05, 3.63) is 117 Å². The molecule has 0 spiro atoms. The molecule has 2 aliphatic carbocycles. The van der Waals surface area contributed by atoms with E-state index >= 15 is 0 Å². The van der Waals surface area contributed by atoms with E-state index in [0.717, 1.165) is 18.4 Å². The minimum Gasteiger partial charge on any atom is -0.335 e. The number of aryl methyl sites for hydroxylation is 4. The SMILES string of the molecule is Cc1cc(C)c2c3c1B1c4sc5ccc(C(C)(C)C)cc5c4N(c4c(C)cc(C(C)(C)C)cc4C)c4cc(N5c6ccc(C#N)cc6C6(C)CCCCC56C)cc(c41)N3C1(C)CCCCC21C. The van der Waals surface area contributed by atoms with Gasteiger partial charge in [0.05, 0.1) is 34.1 Å². The minimum atomic E-state index is -0.178. The Morgan fingerprint density at radius 2 is 1.21 bits per heavy atom. The molecule has 0 radical (unpaired) electrons. The molecule has 342 valence electrons. The third kappa shape index (κ3) is 5.37. The first kappa shape index (κ1) is 43.3. The van der Waals surface area contributed by atoms with E-state index in [4.69, 9.17) is 0 Å². The molecule has 12 rings (SSSR count). The molecule has 4 unspecified atom stereocenters. The van der Waals surface area contributed by atoms with Crippen molar-refractivity contribution in [1.82, 2.24) is 0 Å². The van der Waals surface area contributed by atoms with Gasteiger partial charge in [0.1, 0.15) is 0 Å². The van der Waals surface area contributed by atoms with Crippen LogP contribution in [0.5, 0.6) is 0 Å². The molecule has 5 aromatic carbocycles. The number of hydrogen-bond acceptors (Lipinski definition) is 5. The Labute approximate surface area is 405 Å². The second-order valence-corrected chi connectivity index (χ2v) is 26.0. The molecule has 1 aromatic heterocycles. The number of hydrogen-bond donors (Lipinski definition) is 0. The summed E-state index contributed by atoms with van der Waals surface area (Å²) in [6.07, 6.45) is 9.50. The summed E-state index contributed by atoms with van der Waals surface area (Å²) >= 11 is 2.04. The van der Waals surface area contributed by atoms with Gasteiger partial charge in [0.2, 0.25) is 0 Å². The topological polar surface area (TPSA) is 33.5 Å². The van der Waals surface area contributed by atoms with Crippen molar-refractivity contribution in [3.63, 3.8) is 0 Å². The van der Waals surface area contributed by atoms with Crippen LogP contribution in [0.1, 0.15) is 171 Å². The standard InChI is InChI=1S/C61H69BN4S/c1-35-27-36(2)50-54-49(35)59(12)24-16-18-26-61(59,14)66(54)47-33-42(65-45-21-19-39(34-63)30-44(45)58(11)23-15-17-25-60(58,65)13)32-46-51(47)62(50)55-53(43-31-40(56(5,6)7)20-22-48(43)67-55)64(46)52-37(3)28-41(29-38(52)4)57(8,9)10/h19-22,27-33H,15-18,23-26H2,1-14H3. The molecule has 0 saturated heterocycles. The van der Waals surface area contributed by atoms with Gasteiger partial charge in [0, 0.05) is 54.1 Å². The Bertz CT molecular complexity index is 3200. The molecule has 0 amide bonds. The molecule has 2 saturated carbocycles. The summed E-state index contributed by atoms with van der Waals surface area (Å²) < 4.78 is 2.84. The lowest BCUT2D eigenvalue weighted by atomic mass is 9.35. The van der Waals surface area contributed by atoms with Gasteiger partial charge in [-0.05, 0) is 170 Å². The molecular formula is C61H69BN4S. The van der Waals surface area contributed by atoms with E-state index in [1.165, 1.54) is 143 Å². The zero-order valence-corrected chi connectivity index (χ0v) is 43.6. The van der Waals surface area contributed by atoms with E-state index < -0.39 is 0 Å². The number of rotatable bonds is 2. The van der Waals surface area contributed by atoms with Crippen molar-refractivity contribution in [2.45, 2.75) is 181 Å². The van der Waals surface area contributed by atoms with Crippen LogP contribution in [0, 0.1) is 39.0 Å². The maximum absolute atomic E-state index is 10.3. The van der Waals surface area contributed by atoms with Crippen LogP contribution < -0.4 is 30.4 Å². The lowest BCUT2D eigenvalue weighted by Gasteiger charge is -2.53. The number of fused-ring (bicyclic) bond motifs is 12. The van der Waals surface area contributed by atoms with Crippen LogP contribution in [-0.4, -0.2) is 17.8 Å². The average Bonchev–Trinajstić information content (AvgIpc) is 3.82. The molecule has 0 bridgehead atoms. The molecule has 4 nitrogen and oxygen atoms in total. The molecule has 0 N–H and O–H groups in total. The van der Waals surface area contributed by atoms with Crippen LogP contribution >= 0.6 is 11.3 Å². The van der Waals surface area contributed by atoms with Crippen molar-refractivity contribution in [3.8, 4) is 6.07 Å². The molecular weight excluding hydrogens is 832 g/mol. The summed E-state index contributed by atoms with van der Waals surface area (Å²) in [5, 5.41) is 11.7. The van der Waals surface area contributed by atoms with E-state index in [1.807, 2.05) is 11.3 Å². The first-order valence-corrected chi connectivity index (χ1v) is 26.4. The van der Waals surface area contributed by atoms with Gasteiger partial charge in [0.15, 0.2) is 0 Å². The van der Waals surface area contributed by atoms with Gasteiger partial charge in [-0.1, -0.05) is 111 Å². The Hall–Kier alpha value is -4.99. The smallest absolute Gasteiger partial charge is 0.264 e. The summed E-state index contributed by atoms with van der Waals surface area (Å²) in [5.74, 6) is 0. The van der Waals surface area contributed by atoms with Crippen molar-refractivity contribution in [2.75, 3.05) is 14.7 Å². The predicted octanol–water partition coefficient (Wildman–Crippen LogP) is 14.7. The van der Waals surface area contributed by atoms with Crippen molar-refractivity contribution in [2.24, 2.45) is 0 Å². The second kappa shape index (κ2) is 13.6. The van der Waals surface area contributed by atoms with Crippen molar-refractivity contribution in [1.29, 1.82) is 5.26 Å². The molecule has 5 heterocycles. The summed E-state index contributed by atoms with van der Waals surface area (Å²) in [4.78, 5) is 8.51. The van der Waals surface area contributed by atoms with E-state index in [9.17, 15) is 5.26 Å². The zero-order valence-electron chi connectivity index (χ0n) is 42.8. The van der Waals surface area contributed by atoms with Crippen LogP contribution in [0.3, 0.4) is 0 Å². The largest absolute Gasteiger partial charge is 0.335 e. The molecule has 67 heavy (non-hydrogen) atoms. The van der Waals surface area contributed by atoms with Crippen molar-refractivity contribution >= 4 is 83.6 Å². The number of thiophene rings is 1. The van der Waals surface area contributed by atoms with E-state index in [1.54, 1.807) is 5.56 Å². The second-order valence-electron chi connectivity index (χ2n) is 24.9. The van der Waals surface area contributed by atoms with E-state index in [2.05, 4.69) is 184 Å². The zero-order chi connectivity index (χ0) is 47.3. The summed E-state index contributed by atoms with van der Waals surface area (Å²) in [5.41, 5.74) is 24.1. The van der Waals surface area contributed by atoms with Crippen LogP contribution in [-0.2, 0) is 21.7 Å². The Morgan fingerprint density at radius 3 is 1.87 bits per heavy atom. The fraction of sp³-hybridized carbons (Fsp3) is 0.459. The first-order chi connectivity index (χ1) is 31.6. The highest BCUT2D eigenvalue weighted by Gasteiger charge is 2.63. The summed E-state index contributed by atoms with van der Waals surface area (Å²) in [7, 11) is 0. The Morgan fingerprint density at radius 1 is 0.582 bits per heavy atom. The highest BCUT2D eigenvalue weighted by molar-refractivity contribution is 7.33. The normalized spacial score (nSPS) is 25.7. The lowest BCUT2D eigenvalue weighted by molar-refractivity contribution is 0.193. The monoisotopic (exact) mass is 901 g/mol. The van der Waals surface area contributed by atoms with Gasteiger partial charge in [-0.2, -0.15) is 5.26 Å². The van der Waals surface area contributed by atoms with Crippen LogP contribution in [0.25, 0.3) is 10.1 Å². The van der Waals surface area contributed by atoms with Gasteiger partial charge >= 0.3 is 0 Å². The minimum absolute atomic E-state index is 0.00151. The molecule has 4 atom stereocenters. The fourth-order valence-electron chi connectivity index (χ4n) is 15.3. The highest BCUT2D eigenvalue weighted by Crippen LogP contribution is 2.66. The van der Waals surface area contributed by atoms with Gasteiger partial charge in [-0.15, -0.1) is 11.3 Å². The van der Waals surface area contributed by atoms with E-state index in [0.29, 0.717) is 0 Å². The average molecular weight is 901 g/mol. The third-order valence-electron chi connectivity index (χ3n) is 19.1. The molecule has 4 aliphatic heterocycles. The van der Waals surface area contributed by atoms with Gasteiger partial charge < -0.3 is 14.7 Å². The van der Waals surface area contributed by atoms with Gasteiger partial charge in [-0.3, -0.25) is 0 Å². The Kier molecular flexibility index (Phi) is 8.80. The maximum atomic E-state index is 10.3. The quantitative estimate of drug-likeness (QED) is 0.162.